The van der Waals surface area contributed by atoms with Gasteiger partial charge in [0.2, 0.25) is 15.9 Å². The van der Waals surface area contributed by atoms with Crippen molar-refractivity contribution >= 4 is 21.6 Å². The molecule has 0 radical (unpaired) electrons. The maximum absolute atomic E-state index is 13.7. The number of sulfonamides is 1. The minimum Gasteiger partial charge on any atom is -0.437 e. The molecule has 1 aliphatic rings. The Balaban J connectivity index is 1.61. The predicted octanol–water partition coefficient (Wildman–Crippen LogP) is 3.84. The highest BCUT2D eigenvalue weighted by Crippen LogP contribution is 2.37. The molecule has 0 spiro atoms. The Labute approximate surface area is 248 Å². The minimum atomic E-state index is -4.21. The smallest absolute Gasteiger partial charge is 0.272 e. The molecule has 2 aromatic carbocycles. The summed E-state index contributed by atoms with van der Waals surface area (Å²) in [6, 6.07) is 12.7. The van der Waals surface area contributed by atoms with Crippen molar-refractivity contribution in [2.24, 2.45) is 0 Å². The number of amides is 1. The fourth-order valence-corrected chi connectivity index (χ4v) is 6.16. The Morgan fingerprint density at radius 2 is 1.88 bits per heavy atom. The third-order valence-corrected chi connectivity index (χ3v) is 8.90. The first-order valence-electron chi connectivity index (χ1n) is 13.4. The topological polar surface area (TPSA) is 159 Å². The van der Waals surface area contributed by atoms with Crippen molar-refractivity contribution in [3.05, 3.63) is 99.0 Å². The first-order valence-corrected chi connectivity index (χ1v) is 14.9. The minimum absolute atomic E-state index is 0.0688. The van der Waals surface area contributed by atoms with Gasteiger partial charge in [0, 0.05) is 49.7 Å². The number of rotatable bonds is 9. The van der Waals surface area contributed by atoms with E-state index in [4.69, 9.17) is 9.47 Å². The summed E-state index contributed by atoms with van der Waals surface area (Å²) < 4.78 is 41.7. The summed E-state index contributed by atoms with van der Waals surface area (Å²) in [6.07, 6.45) is 3.28. The highest BCUT2D eigenvalue weighted by molar-refractivity contribution is 7.89. The maximum Gasteiger partial charge on any atom is 0.272 e. The largest absolute Gasteiger partial charge is 0.437 e. The number of pyridine rings is 1. The van der Waals surface area contributed by atoms with Gasteiger partial charge >= 0.3 is 0 Å². The molecule has 0 atom stereocenters. The highest BCUT2D eigenvalue weighted by atomic mass is 32.2. The first kappa shape index (κ1) is 29.8. The number of hydrogen-bond acceptors (Lipinski definition) is 9. The molecule has 1 amide bonds. The number of carbonyl (C=O) groups excluding carboxylic acids is 1. The number of carbonyl (C=O) groups is 1. The van der Waals surface area contributed by atoms with E-state index < -0.39 is 26.5 Å². The summed E-state index contributed by atoms with van der Waals surface area (Å²) >= 11 is 0. The number of hydrogen-bond donors (Lipinski definition) is 1. The number of nitrogens with one attached hydrogen (secondary N) is 1. The number of nitro benzene ring substituents is 1. The van der Waals surface area contributed by atoms with E-state index in [1.54, 1.807) is 25.4 Å². The van der Waals surface area contributed by atoms with Crippen LogP contribution in [-0.2, 0) is 21.3 Å². The number of nitrogens with zero attached hydrogens (tertiary/aromatic N) is 5. The van der Waals surface area contributed by atoms with Crippen LogP contribution >= 0.6 is 0 Å². The maximum atomic E-state index is 13.7. The van der Waals surface area contributed by atoms with Gasteiger partial charge in [0.05, 0.1) is 23.8 Å². The Kier molecular flexibility index (Phi) is 8.52. The normalized spacial score (nSPS) is 13.9. The molecular weight excluding hydrogens is 576 g/mol. The van der Waals surface area contributed by atoms with Crippen LogP contribution in [0.3, 0.4) is 0 Å². The third-order valence-electron chi connectivity index (χ3n) is 6.98. The number of non-ortho nitro benzene ring substituents is 1. The van der Waals surface area contributed by atoms with Crippen molar-refractivity contribution in [3.8, 4) is 17.3 Å². The van der Waals surface area contributed by atoms with Crippen LogP contribution in [0.1, 0.15) is 32.7 Å². The molecule has 43 heavy (non-hydrogen) atoms. The lowest BCUT2D eigenvalue weighted by molar-refractivity contribution is -0.385. The summed E-state index contributed by atoms with van der Waals surface area (Å²) in [5, 5.41) is 19.0. The van der Waals surface area contributed by atoms with Crippen LogP contribution in [0.4, 0.5) is 5.69 Å². The van der Waals surface area contributed by atoms with Gasteiger partial charge in [-0.25, -0.2) is 8.42 Å². The van der Waals surface area contributed by atoms with Gasteiger partial charge in [-0.1, -0.05) is 18.2 Å². The second-order valence-corrected chi connectivity index (χ2v) is 11.9. The van der Waals surface area contributed by atoms with Crippen LogP contribution in [0.5, 0.6) is 11.6 Å². The second kappa shape index (κ2) is 12.3. The number of ether oxygens (including phenoxy) is 2. The molecular formula is C29H30N6O7S. The lowest BCUT2D eigenvalue weighted by atomic mass is 10.1. The molecule has 0 unspecified atom stereocenters. The van der Waals surface area contributed by atoms with Crippen LogP contribution < -0.4 is 10.1 Å². The Bertz CT molecular complexity index is 1780. The van der Waals surface area contributed by atoms with Crippen LogP contribution in [-0.4, -0.2) is 64.6 Å². The zero-order chi connectivity index (χ0) is 30.7. The number of aromatic nitrogens is 3. The molecule has 224 valence electrons. The van der Waals surface area contributed by atoms with E-state index in [9.17, 15) is 23.3 Å². The van der Waals surface area contributed by atoms with E-state index >= 15 is 0 Å². The number of morpholine rings is 1. The van der Waals surface area contributed by atoms with E-state index in [2.05, 4.69) is 15.4 Å². The monoisotopic (exact) mass is 606 g/mol. The Morgan fingerprint density at radius 1 is 1.12 bits per heavy atom. The lowest BCUT2D eigenvalue weighted by Gasteiger charge is -2.26. The number of nitro groups is 1. The van der Waals surface area contributed by atoms with Gasteiger partial charge in [0.25, 0.3) is 11.6 Å². The molecule has 5 rings (SSSR count). The standard InChI is InChI=1S/C29H30N6O7S/c1-19-6-7-20(2)24(15-19)34-29(21(3)27(32-34)28(36)31-18-22-5-4-10-30-17-22)42-25-9-8-23(35(37)38)16-26(25)43(39,40)33-11-13-41-14-12-33/h4-10,15-17H,11-14,18H2,1-3H3,(H,31,36). The van der Waals surface area contributed by atoms with Crippen molar-refractivity contribution in [2.45, 2.75) is 32.2 Å². The average molecular weight is 607 g/mol. The first-order chi connectivity index (χ1) is 20.6. The predicted molar refractivity (Wildman–Crippen MR) is 156 cm³/mol. The molecule has 1 saturated heterocycles. The van der Waals surface area contributed by atoms with E-state index in [0.29, 0.717) is 11.3 Å². The van der Waals surface area contributed by atoms with Crippen molar-refractivity contribution < 1.29 is 27.6 Å². The molecule has 2 aromatic heterocycles. The third kappa shape index (κ3) is 6.26. The van der Waals surface area contributed by atoms with Gasteiger partial charge in [-0.05, 0) is 55.7 Å². The second-order valence-electron chi connectivity index (χ2n) is 10.0. The van der Waals surface area contributed by atoms with Crippen molar-refractivity contribution in [1.82, 2.24) is 24.4 Å². The van der Waals surface area contributed by atoms with Crippen molar-refractivity contribution in [1.29, 1.82) is 0 Å². The van der Waals surface area contributed by atoms with Crippen LogP contribution in [0.15, 0.2) is 65.8 Å². The molecule has 1 fully saturated rings. The van der Waals surface area contributed by atoms with Crippen LogP contribution in [0.2, 0.25) is 0 Å². The summed E-state index contributed by atoms with van der Waals surface area (Å²) in [5.41, 5.74) is 3.16. The molecule has 14 heteroatoms. The van der Waals surface area contributed by atoms with Gasteiger partial charge in [-0.15, -0.1) is 0 Å². The molecule has 0 bridgehead atoms. The van der Waals surface area contributed by atoms with E-state index in [1.165, 1.54) is 21.1 Å². The SMILES string of the molecule is Cc1ccc(C)c(-n2nc(C(=O)NCc3cccnc3)c(C)c2Oc2ccc([N+](=O)[O-])cc2S(=O)(=O)N2CCOCC2)c1. The van der Waals surface area contributed by atoms with Crippen molar-refractivity contribution in [2.75, 3.05) is 26.3 Å². The van der Waals surface area contributed by atoms with Gasteiger partial charge in [0.1, 0.15) is 10.6 Å². The lowest BCUT2D eigenvalue weighted by Crippen LogP contribution is -2.40. The number of benzene rings is 2. The number of aryl methyl sites for hydroxylation is 2. The van der Waals surface area contributed by atoms with Crippen molar-refractivity contribution in [3.63, 3.8) is 0 Å². The summed E-state index contributed by atoms with van der Waals surface area (Å²) in [4.78, 5) is 28.0. The van der Waals surface area contributed by atoms with Crippen LogP contribution in [0.25, 0.3) is 5.69 Å². The molecule has 0 saturated carbocycles. The van der Waals surface area contributed by atoms with Gasteiger partial charge in [-0.2, -0.15) is 14.1 Å². The zero-order valence-corrected chi connectivity index (χ0v) is 24.6. The Morgan fingerprint density at radius 3 is 2.58 bits per heavy atom. The molecule has 0 aliphatic carbocycles. The summed E-state index contributed by atoms with van der Waals surface area (Å²) in [5.74, 6) is -0.526. The van der Waals surface area contributed by atoms with Gasteiger partial charge in [-0.3, -0.25) is 19.9 Å². The zero-order valence-electron chi connectivity index (χ0n) is 23.8. The molecule has 1 N–H and O–H groups in total. The fourth-order valence-electron chi connectivity index (χ4n) is 4.62. The van der Waals surface area contributed by atoms with E-state index in [0.717, 1.165) is 22.8 Å². The van der Waals surface area contributed by atoms with E-state index in [-0.39, 0.29) is 55.1 Å². The molecule has 4 aromatic rings. The molecule has 13 nitrogen and oxygen atoms in total. The van der Waals surface area contributed by atoms with Gasteiger partial charge in [0.15, 0.2) is 5.69 Å². The van der Waals surface area contributed by atoms with E-state index in [1.807, 2.05) is 38.1 Å². The average Bonchev–Trinajstić information content (AvgIpc) is 3.33. The van der Waals surface area contributed by atoms with Gasteiger partial charge < -0.3 is 14.8 Å². The summed E-state index contributed by atoms with van der Waals surface area (Å²) in [7, 11) is -4.21. The highest BCUT2D eigenvalue weighted by Gasteiger charge is 2.33. The fraction of sp³-hybridized carbons (Fsp3) is 0.276. The quantitative estimate of drug-likeness (QED) is 0.221. The molecule has 1 aliphatic heterocycles. The Hall–Kier alpha value is -4.66. The summed E-state index contributed by atoms with van der Waals surface area (Å²) in [6.45, 7) is 6.20. The molecule has 3 heterocycles. The van der Waals surface area contributed by atoms with Crippen LogP contribution in [0, 0.1) is 30.9 Å².